The molecule has 0 unspecified atom stereocenters. The van der Waals surface area contributed by atoms with Gasteiger partial charge in [-0.3, -0.25) is 4.79 Å². The first-order valence-electron chi connectivity index (χ1n) is 6.34. The van der Waals surface area contributed by atoms with Gasteiger partial charge in [0.2, 0.25) is 0 Å². The second-order valence-corrected chi connectivity index (χ2v) is 4.51. The lowest BCUT2D eigenvalue weighted by Gasteiger charge is -2.09. The van der Waals surface area contributed by atoms with Crippen LogP contribution in [0.15, 0.2) is 36.0 Å². The molecule has 0 fully saturated rings. The van der Waals surface area contributed by atoms with Crippen molar-refractivity contribution in [1.82, 2.24) is 5.32 Å². The summed E-state index contributed by atoms with van der Waals surface area (Å²) in [5, 5.41) is 14.4. The second-order valence-electron chi connectivity index (χ2n) is 4.51. The molecule has 1 rings (SSSR count). The molecule has 0 bridgehead atoms. The maximum Gasteiger partial charge on any atom is 0.350 e. The number of amides is 1. The monoisotopic (exact) mass is 287 g/mol. The quantitative estimate of drug-likeness (QED) is 0.489. The summed E-state index contributed by atoms with van der Waals surface area (Å²) in [6, 6.07) is 8.50. The average Bonchev–Trinajstić information content (AvgIpc) is 2.47. The minimum atomic E-state index is -0.723. The van der Waals surface area contributed by atoms with Crippen LogP contribution in [0.2, 0.25) is 0 Å². The SMILES string of the molecule is COC(=O)/C(C#N)=C/Nc1cccc(C(=O)NC(C)C)c1. The van der Waals surface area contributed by atoms with Gasteiger partial charge in [0.25, 0.3) is 5.91 Å². The molecule has 1 amide bonds. The predicted octanol–water partition coefficient (Wildman–Crippen LogP) is 1.82. The largest absolute Gasteiger partial charge is 0.465 e. The fourth-order valence-corrected chi connectivity index (χ4v) is 1.50. The lowest BCUT2D eigenvalue weighted by Crippen LogP contribution is -2.30. The number of hydrogen-bond acceptors (Lipinski definition) is 5. The number of methoxy groups -OCH3 is 1. The van der Waals surface area contributed by atoms with Gasteiger partial charge in [0, 0.05) is 23.5 Å². The van der Waals surface area contributed by atoms with Crippen LogP contribution in [0.25, 0.3) is 0 Å². The van der Waals surface area contributed by atoms with Gasteiger partial charge in [-0.2, -0.15) is 5.26 Å². The molecule has 6 nitrogen and oxygen atoms in total. The summed E-state index contributed by atoms with van der Waals surface area (Å²) in [6.45, 7) is 3.75. The smallest absolute Gasteiger partial charge is 0.350 e. The fourth-order valence-electron chi connectivity index (χ4n) is 1.50. The predicted molar refractivity (Wildman–Crippen MR) is 78.4 cm³/mol. The number of carbonyl (C=O) groups excluding carboxylic acids is 2. The van der Waals surface area contributed by atoms with Crippen molar-refractivity contribution in [3.05, 3.63) is 41.6 Å². The summed E-state index contributed by atoms with van der Waals surface area (Å²) in [4.78, 5) is 23.1. The highest BCUT2D eigenvalue weighted by Crippen LogP contribution is 2.11. The van der Waals surface area contributed by atoms with E-state index in [0.29, 0.717) is 11.3 Å². The van der Waals surface area contributed by atoms with Gasteiger partial charge in [0.1, 0.15) is 6.07 Å². The Bertz CT molecular complexity index is 600. The van der Waals surface area contributed by atoms with Crippen molar-refractivity contribution in [3.8, 4) is 6.07 Å². The van der Waals surface area contributed by atoms with Crippen molar-refractivity contribution >= 4 is 17.6 Å². The van der Waals surface area contributed by atoms with E-state index in [0.717, 1.165) is 0 Å². The Morgan fingerprint density at radius 1 is 1.38 bits per heavy atom. The minimum Gasteiger partial charge on any atom is -0.465 e. The van der Waals surface area contributed by atoms with Gasteiger partial charge in [-0.15, -0.1) is 0 Å². The summed E-state index contributed by atoms with van der Waals surface area (Å²) >= 11 is 0. The first kappa shape index (κ1) is 16.2. The molecule has 0 aliphatic heterocycles. The van der Waals surface area contributed by atoms with E-state index in [1.807, 2.05) is 13.8 Å². The summed E-state index contributed by atoms with van der Waals surface area (Å²) in [6.07, 6.45) is 1.24. The molecule has 0 saturated carbocycles. The van der Waals surface area contributed by atoms with Crippen LogP contribution in [0.1, 0.15) is 24.2 Å². The van der Waals surface area contributed by atoms with Crippen molar-refractivity contribution in [2.24, 2.45) is 0 Å². The number of anilines is 1. The van der Waals surface area contributed by atoms with Gasteiger partial charge in [0.15, 0.2) is 5.57 Å². The third kappa shape index (κ3) is 4.99. The Morgan fingerprint density at radius 3 is 2.67 bits per heavy atom. The van der Waals surface area contributed by atoms with Crippen LogP contribution < -0.4 is 10.6 Å². The minimum absolute atomic E-state index is 0.0403. The molecule has 21 heavy (non-hydrogen) atoms. The van der Waals surface area contributed by atoms with Crippen LogP contribution in [0, 0.1) is 11.3 Å². The molecule has 6 heteroatoms. The van der Waals surface area contributed by atoms with E-state index in [-0.39, 0.29) is 17.5 Å². The lowest BCUT2D eigenvalue weighted by molar-refractivity contribution is -0.135. The van der Waals surface area contributed by atoms with Crippen molar-refractivity contribution in [3.63, 3.8) is 0 Å². The molecular weight excluding hydrogens is 270 g/mol. The van der Waals surface area contributed by atoms with Crippen LogP contribution in [-0.4, -0.2) is 25.0 Å². The highest BCUT2D eigenvalue weighted by molar-refractivity contribution is 5.95. The highest BCUT2D eigenvalue weighted by Gasteiger charge is 2.09. The first-order chi connectivity index (χ1) is 9.97. The Balaban J connectivity index is 2.87. The van der Waals surface area contributed by atoms with E-state index in [1.165, 1.54) is 13.3 Å². The summed E-state index contributed by atoms with van der Waals surface area (Å²) in [5.74, 6) is -0.912. The van der Waals surface area contributed by atoms with Crippen LogP contribution in [0.5, 0.6) is 0 Å². The second kappa shape index (κ2) is 7.70. The van der Waals surface area contributed by atoms with Gasteiger partial charge in [-0.05, 0) is 32.0 Å². The topological polar surface area (TPSA) is 91.2 Å². The van der Waals surface area contributed by atoms with E-state index < -0.39 is 5.97 Å². The van der Waals surface area contributed by atoms with Crippen LogP contribution in [-0.2, 0) is 9.53 Å². The first-order valence-corrected chi connectivity index (χ1v) is 6.34. The van der Waals surface area contributed by atoms with Gasteiger partial charge in [-0.1, -0.05) is 6.07 Å². The van der Waals surface area contributed by atoms with Crippen molar-refractivity contribution < 1.29 is 14.3 Å². The Labute approximate surface area is 123 Å². The number of nitrogens with one attached hydrogen (secondary N) is 2. The van der Waals surface area contributed by atoms with Crippen LogP contribution in [0.3, 0.4) is 0 Å². The van der Waals surface area contributed by atoms with Crippen molar-refractivity contribution in [2.75, 3.05) is 12.4 Å². The molecule has 0 spiro atoms. The Kier molecular flexibility index (Phi) is 5.96. The van der Waals surface area contributed by atoms with E-state index in [9.17, 15) is 9.59 Å². The van der Waals surface area contributed by atoms with E-state index >= 15 is 0 Å². The van der Waals surface area contributed by atoms with Crippen LogP contribution >= 0.6 is 0 Å². The van der Waals surface area contributed by atoms with Gasteiger partial charge in [-0.25, -0.2) is 4.79 Å². The van der Waals surface area contributed by atoms with Crippen molar-refractivity contribution in [2.45, 2.75) is 19.9 Å². The molecule has 0 saturated heterocycles. The molecule has 0 aliphatic carbocycles. The zero-order valence-corrected chi connectivity index (χ0v) is 12.1. The standard InChI is InChI=1S/C15H17N3O3/c1-10(2)18-14(19)11-5-4-6-13(7-11)17-9-12(8-16)15(20)21-3/h4-7,9-10,17H,1-3H3,(H,18,19)/b12-9+. The summed E-state index contributed by atoms with van der Waals surface area (Å²) < 4.78 is 4.46. The van der Waals surface area contributed by atoms with Gasteiger partial charge < -0.3 is 15.4 Å². The number of esters is 1. The molecule has 0 radical (unpaired) electrons. The number of nitriles is 1. The fraction of sp³-hybridized carbons (Fsp3) is 0.267. The molecule has 0 aromatic heterocycles. The Hall–Kier alpha value is -2.81. The number of carbonyl (C=O) groups is 2. The van der Waals surface area contributed by atoms with Crippen molar-refractivity contribution in [1.29, 1.82) is 5.26 Å². The number of nitrogens with zero attached hydrogens (tertiary/aromatic N) is 1. The maximum absolute atomic E-state index is 11.9. The maximum atomic E-state index is 11.9. The van der Waals surface area contributed by atoms with E-state index in [4.69, 9.17) is 5.26 Å². The molecular formula is C15H17N3O3. The molecule has 2 N–H and O–H groups in total. The van der Waals surface area contributed by atoms with Gasteiger partial charge in [0.05, 0.1) is 7.11 Å². The summed E-state index contributed by atoms with van der Waals surface area (Å²) in [7, 11) is 1.20. The Morgan fingerprint density at radius 2 is 2.10 bits per heavy atom. The number of benzene rings is 1. The van der Waals surface area contributed by atoms with E-state index in [1.54, 1.807) is 30.3 Å². The third-order valence-corrected chi connectivity index (χ3v) is 2.45. The molecule has 0 heterocycles. The number of rotatable bonds is 5. The van der Waals surface area contributed by atoms with Gasteiger partial charge >= 0.3 is 5.97 Å². The van der Waals surface area contributed by atoms with E-state index in [2.05, 4.69) is 15.4 Å². The molecule has 110 valence electrons. The number of ether oxygens (including phenoxy) is 1. The zero-order chi connectivity index (χ0) is 15.8. The molecule has 1 aromatic carbocycles. The molecule has 0 atom stereocenters. The zero-order valence-electron chi connectivity index (χ0n) is 12.1. The lowest BCUT2D eigenvalue weighted by atomic mass is 10.1. The number of hydrogen-bond donors (Lipinski definition) is 2. The normalized spacial score (nSPS) is 10.7. The molecule has 0 aliphatic rings. The average molecular weight is 287 g/mol. The van der Waals surface area contributed by atoms with Crippen LogP contribution in [0.4, 0.5) is 5.69 Å². The third-order valence-electron chi connectivity index (χ3n) is 2.45. The summed E-state index contributed by atoms with van der Waals surface area (Å²) in [5.41, 5.74) is 0.913. The highest BCUT2D eigenvalue weighted by atomic mass is 16.5. The molecule has 1 aromatic rings.